The number of aryl methyl sites for hydroxylation is 2. The average Bonchev–Trinajstić information content (AvgIpc) is 2.64. The van der Waals surface area contributed by atoms with E-state index in [1.165, 1.54) is 11.8 Å². The Morgan fingerprint density at radius 3 is 2.50 bits per heavy atom. The molecule has 3 aromatic rings. The molecule has 1 amide bonds. The van der Waals surface area contributed by atoms with Crippen LogP contribution in [0.1, 0.15) is 27.2 Å². The van der Waals surface area contributed by atoms with Crippen molar-refractivity contribution in [1.29, 1.82) is 0 Å². The van der Waals surface area contributed by atoms with E-state index in [0.717, 1.165) is 11.1 Å². The lowest BCUT2D eigenvalue weighted by Crippen LogP contribution is -2.15. The number of carbonyl (C=O) groups is 1. The molecule has 5 nitrogen and oxygen atoms in total. The zero-order valence-electron chi connectivity index (χ0n) is 14.6. The van der Waals surface area contributed by atoms with E-state index < -0.39 is 0 Å². The fourth-order valence-corrected chi connectivity index (χ4v) is 2.52. The van der Waals surface area contributed by atoms with E-state index in [0.29, 0.717) is 23.1 Å². The van der Waals surface area contributed by atoms with Crippen LogP contribution in [-0.2, 0) is 6.54 Å². The van der Waals surface area contributed by atoms with Crippen molar-refractivity contribution in [2.45, 2.75) is 20.4 Å². The van der Waals surface area contributed by atoms with Gasteiger partial charge in [0, 0.05) is 17.3 Å². The molecule has 0 aliphatic heterocycles. The molecule has 3 rings (SSSR count). The van der Waals surface area contributed by atoms with Crippen molar-refractivity contribution in [1.82, 2.24) is 9.97 Å². The number of halogens is 1. The fourth-order valence-electron chi connectivity index (χ4n) is 2.35. The van der Waals surface area contributed by atoms with Crippen LogP contribution in [0, 0.1) is 13.8 Å². The molecule has 0 saturated heterocycles. The quantitative estimate of drug-likeness (QED) is 0.691. The van der Waals surface area contributed by atoms with Gasteiger partial charge in [-0.15, -0.1) is 0 Å². The second kappa shape index (κ2) is 7.97. The Bertz CT molecular complexity index is 908. The number of benzene rings is 2. The van der Waals surface area contributed by atoms with E-state index >= 15 is 0 Å². The fraction of sp³-hybridized carbons (Fsp3) is 0.150. The molecule has 26 heavy (non-hydrogen) atoms. The molecule has 6 heteroatoms. The number of carbonyl (C=O) groups excluding carboxylic acids is 1. The summed E-state index contributed by atoms with van der Waals surface area (Å²) in [7, 11) is 0. The number of nitrogens with one attached hydrogen (secondary N) is 2. The van der Waals surface area contributed by atoms with Crippen molar-refractivity contribution in [3.63, 3.8) is 0 Å². The summed E-state index contributed by atoms with van der Waals surface area (Å²) in [5.41, 5.74) is 4.19. The minimum Gasteiger partial charge on any atom is -0.365 e. The van der Waals surface area contributed by atoms with Crippen LogP contribution in [-0.4, -0.2) is 15.9 Å². The molecular formula is C20H19ClN4O. The zero-order chi connectivity index (χ0) is 18.5. The molecule has 0 aliphatic carbocycles. The van der Waals surface area contributed by atoms with Crippen molar-refractivity contribution >= 4 is 29.0 Å². The highest BCUT2D eigenvalue weighted by molar-refractivity contribution is 6.31. The Morgan fingerprint density at radius 2 is 1.81 bits per heavy atom. The third-order valence-electron chi connectivity index (χ3n) is 3.93. The summed E-state index contributed by atoms with van der Waals surface area (Å²) < 4.78 is 0. The highest BCUT2D eigenvalue weighted by atomic mass is 35.5. The second-order valence-corrected chi connectivity index (χ2v) is 6.48. The monoisotopic (exact) mass is 366 g/mol. The van der Waals surface area contributed by atoms with Crippen LogP contribution in [0.25, 0.3) is 0 Å². The van der Waals surface area contributed by atoms with Gasteiger partial charge in [0.1, 0.15) is 11.5 Å². The normalized spacial score (nSPS) is 10.4. The number of hydrogen-bond acceptors (Lipinski definition) is 4. The first kappa shape index (κ1) is 17.9. The maximum atomic E-state index is 12.3. The van der Waals surface area contributed by atoms with Gasteiger partial charge in [0.05, 0.1) is 12.4 Å². The van der Waals surface area contributed by atoms with Gasteiger partial charge in [-0.1, -0.05) is 47.5 Å². The summed E-state index contributed by atoms with van der Waals surface area (Å²) in [5, 5.41) is 6.56. The van der Waals surface area contributed by atoms with Gasteiger partial charge >= 0.3 is 0 Å². The van der Waals surface area contributed by atoms with E-state index in [-0.39, 0.29) is 11.6 Å². The van der Waals surface area contributed by atoms with E-state index in [9.17, 15) is 4.79 Å². The van der Waals surface area contributed by atoms with Crippen molar-refractivity contribution < 1.29 is 4.79 Å². The van der Waals surface area contributed by atoms with Crippen LogP contribution in [0.3, 0.4) is 0 Å². The van der Waals surface area contributed by atoms with Crippen LogP contribution < -0.4 is 10.6 Å². The zero-order valence-corrected chi connectivity index (χ0v) is 15.3. The Labute approximate surface area is 157 Å². The van der Waals surface area contributed by atoms with Gasteiger partial charge in [0.15, 0.2) is 0 Å². The summed E-state index contributed by atoms with van der Waals surface area (Å²) in [4.78, 5) is 20.8. The lowest BCUT2D eigenvalue weighted by atomic mass is 10.1. The molecule has 0 atom stereocenters. The highest BCUT2D eigenvalue weighted by Crippen LogP contribution is 2.20. The Morgan fingerprint density at radius 1 is 1.04 bits per heavy atom. The molecular weight excluding hydrogens is 348 g/mol. The van der Waals surface area contributed by atoms with Crippen LogP contribution >= 0.6 is 11.6 Å². The lowest BCUT2D eigenvalue weighted by Gasteiger charge is -2.09. The molecule has 0 radical (unpaired) electrons. The minimum atomic E-state index is -0.326. The predicted molar refractivity (Wildman–Crippen MR) is 105 cm³/mol. The molecule has 0 spiro atoms. The second-order valence-electron chi connectivity index (χ2n) is 6.04. The largest absolute Gasteiger partial charge is 0.365 e. The van der Waals surface area contributed by atoms with Gasteiger partial charge < -0.3 is 10.6 Å². The van der Waals surface area contributed by atoms with Crippen LogP contribution in [0.15, 0.2) is 54.9 Å². The van der Waals surface area contributed by atoms with Crippen molar-refractivity contribution in [2.24, 2.45) is 0 Å². The van der Waals surface area contributed by atoms with Gasteiger partial charge in [0.25, 0.3) is 5.91 Å². The van der Waals surface area contributed by atoms with Crippen LogP contribution in [0.2, 0.25) is 5.02 Å². The first-order chi connectivity index (χ1) is 12.5. The number of aromatic nitrogens is 2. The van der Waals surface area contributed by atoms with Gasteiger partial charge in [-0.05, 0) is 37.1 Å². The number of rotatable bonds is 5. The lowest BCUT2D eigenvalue weighted by molar-refractivity contribution is 0.102. The molecule has 0 unspecified atom stereocenters. The molecule has 0 bridgehead atoms. The van der Waals surface area contributed by atoms with Gasteiger partial charge in [0.2, 0.25) is 0 Å². The number of anilines is 2. The molecule has 0 aliphatic rings. The van der Waals surface area contributed by atoms with Crippen LogP contribution in [0.4, 0.5) is 11.5 Å². The molecule has 132 valence electrons. The Balaban J connectivity index is 1.62. The van der Waals surface area contributed by atoms with Crippen molar-refractivity contribution in [3.8, 4) is 0 Å². The smallest absolute Gasteiger partial charge is 0.275 e. The highest BCUT2D eigenvalue weighted by Gasteiger charge is 2.10. The number of nitrogens with zero attached hydrogens (tertiary/aromatic N) is 2. The van der Waals surface area contributed by atoms with E-state index in [1.54, 1.807) is 18.3 Å². The molecule has 1 heterocycles. The maximum absolute atomic E-state index is 12.3. The summed E-state index contributed by atoms with van der Waals surface area (Å²) in [6, 6.07) is 13.6. The molecule has 1 aromatic heterocycles. The standard InChI is InChI=1S/C20H19ClN4O/c1-13-3-6-15(7-4-13)10-23-19-12-22-18(11-24-19)20(26)25-17-9-16(21)8-5-14(17)2/h3-9,11-12H,10H2,1-2H3,(H,23,24)(H,25,26). The van der Waals surface area contributed by atoms with E-state index in [1.807, 2.05) is 13.0 Å². The SMILES string of the molecule is Cc1ccc(CNc2cnc(C(=O)Nc3cc(Cl)ccc3C)cn2)cc1. The topological polar surface area (TPSA) is 66.9 Å². The molecule has 2 aromatic carbocycles. The maximum Gasteiger partial charge on any atom is 0.275 e. The Hall–Kier alpha value is -2.92. The van der Waals surface area contributed by atoms with Gasteiger partial charge in [-0.2, -0.15) is 0 Å². The summed E-state index contributed by atoms with van der Waals surface area (Å²) in [6.07, 6.45) is 3.00. The number of hydrogen-bond donors (Lipinski definition) is 2. The predicted octanol–water partition coefficient (Wildman–Crippen LogP) is 4.61. The first-order valence-corrected chi connectivity index (χ1v) is 8.58. The summed E-state index contributed by atoms with van der Waals surface area (Å²) in [6.45, 7) is 4.59. The summed E-state index contributed by atoms with van der Waals surface area (Å²) >= 11 is 5.97. The minimum absolute atomic E-state index is 0.241. The van der Waals surface area contributed by atoms with E-state index in [2.05, 4.69) is 51.8 Å². The van der Waals surface area contributed by atoms with Crippen molar-refractivity contribution in [3.05, 3.63) is 82.3 Å². The van der Waals surface area contributed by atoms with Crippen molar-refractivity contribution in [2.75, 3.05) is 10.6 Å². The van der Waals surface area contributed by atoms with E-state index in [4.69, 9.17) is 11.6 Å². The first-order valence-electron chi connectivity index (χ1n) is 8.20. The summed E-state index contributed by atoms with van der Waals surface area (Å²) in [5.74, 6) is 0.286. The van der Waals surface area contributed by atoms with Gasteiger partial charge in [-0.3, -0.25) is 4.79 Å². The average molecular weight is 367 g/mol. The van der Waals surface area contributed by atoms with Gasteiger partial charge in [-0.25, -0.2) is 9.97 Å². The van der Waals surface area contributed by atoms with Crippen LogP contribution in [0.5, 0.6) is 0 Å². The third-order valence-corrected chi connectivity index (χ3v) is 4.16. The number of amides is 1. The Kier molecular flexibility index (Phi) is 5.49. The molecule has 0 fully saturated rings. The third kappa shape index (κ3) is 4.58. The molecule has 2 N–H and O–H groups in total. The molecule has 0 saturated carbocycles.